The van der Waals surface area contributed by atoms with E-state index < -0.39 is 5.54 Å². The number of nitriles is 1. The van der Waals surface area contributed by atoms with E-state index >= 15 is 0 Å². The summed E-state index contributed by atoms with van der Waals surface area (Å²) in [5.74, 6) is 0.324. The Bertz CT molecular complexity index is 461. The molecule has 100 valence electrons. The van der Waals surface area contributed by atoms with Crippen molar-refractivity contribution in [2.75, 3.05) is 5.75 Å². The Labute approximate surface area is 118 Å². The van der Waals surface area contributed by atoms with Gasteiger partial charge in [0.05, 0.1) is 11.8 Å². The summed E-state index contributed by atoms with van der Waals surface area (Å²) in [6, 6.07) is 12.1. The molecule has 1 N–H and O–H groups in total. The zero-order chi connectivity index (χ0) is 13.6. The van der Waals surface area contributed by atoms with Gasteiger partial charge in [-0.3, -0.25) is 4.79 Å². The van der Waals surface area contributed by atoms with Crippen molar-refractivity contribution in [3.05, 3.63) is 30.3 Å². The van der Waals surface area contributed by atoms with Gasteiger partial charge in [-0.1, -0.05) is 37.5 Å². The molecule has 0 spiro atoms. The Balaban J connectivity index is 1.85. The van der Waals surface area contributed by atoms with Crippen LogP contribution >= 0.6 is 11.8 Å². The highest BCUT2D eigenvalue weighted by atomic mass is 32.2. The molecule has 1 aliphatic rings. The molecular weight excluding hydrogens is 256 g/mol. The van der Waals surface area contributed by atoms with Crippen molar-refractivity contribution < 1.29 is 4.79 Å². The number of carbonyl (C=O) groups excluding carboxylic acids is 1. The molecule has 0 radical (unpaired) electrons. The van der Waals surface area contributed by atoms with Crippen molar-refractivity contribution in [1.82, 2.24) is 5.32 Å². The first-order valence-electron chi connectivity index (χ1n) is 6.64. The van der Waals surface area contributed by atoms with Gasteiger partial charge < -0.3 is 5.32 Å². The van der Waals surface area contributed by atoms with Crippen molar-refractivity contribution >= 4 is 17.7 Å². The fourth-order valence-corrected chi connectivity index (χ4v) is 3.11. The topological polar surface area (TPSA) is 52.9 Å². The van der Waals surface area contributed by atoms with Crippen molar-refractivity contribution in [2.24, 2.45) is 0 Å². The molecule has 1 aromatic rings. The van der Waals surface area contributed by atoms with Crippen LogP contribution in [0.1, 0.15) is 32.1 Å². The molecule has 1 fully saturated rings. The normalized spacial score (nSPS) is 17.4. The molecule has 1 aliphatic carbocycles. The van der Waals surface area contributed by atoms with Crippen LogP contribution in [0.15, 0.2) is 35.2 Å². The monoisotopic (exact) mass is 274 g/mol. The quantitative estimate of drug-likeness (QED) is 0.858. The van der Waals surface area contributed by atoms with E-state index in [2.05, 4.69) is 11.4 Å². The summed E-state index contributed by atoms with van der Waals surface area (Å²) in [6.45, 7) is 0. The van der Waals surface area contributed by atoms with Crippen LogP contribution in [0.2, 0.25) is 0 Å². The van der Waals surface area contributed by atoms with Crippen molar-refractivity contribution in [3.8, 4) is 6.07 Å². The standard InChI is InChI=1S/C15H18N2OS/c16-12-15(9-5-2-6-10-15)17-14(18)11-19-13-7-3-1-4-8-13/h1,3-4,7-8H,2,5-6,9-11H2,(H,17,18). The Morgan fingerprint density at radius 2 is 1.95 bits per heavy atom. The molecule has 0 bridgehead atoms. The van der Waals surface area contributed by atoms with Gasteiger partial charge in [0.25, 0.3) is 0 Å². The molecule has 1 amide bonds. The molecule has 0 unspecified atom stereocenters. The summed E-state index contributed by atoms with van der Waals surface area (Å²) in [5.41, 5.74) is -0.618. The van der Waals surface area contributed by atoms with E-state index in [0.29, 0.717) is 5.75 Å². The van der Waals surface area contributed by atoms with E-state index in [1.807, 2.05) is 30.3 Å². The lowest BCUT2D eigenvalue weighted by Gasteiger charge is -2.31. The molecule has 1 aromatic carbocycles. The first kappa shape index (κ1) is 14.0. The SMILES string of the molecule is N#CC1(NC(=O)CSc2ccccc2)CCCCC1. The van der Waals surface area contributed by atoms with Gasteiger partial charge in [0, 0.05) is 4.90 Å². The van der Waals surface area contributed by atoms with Crippen molar-refractivity contribution in [2.45, 2.75) is 42.5 Å². The van der Waals surface area contributed by atoms with E-state index in [-0.39, 0.29) is 5.91 Å². The highest BCUT2D eigenvalue weighted by Gasteiger charge is 2.33. The van der Waals surface area contributed by atoms with Crippen LogP contribution in [0.4, 0.5) is 0 Å². The molecule has 0 aliphatic heterocycles. The zero-order valence-electron chi connectivity index (χ0n) is 10.9. The van der Waals surface area contributed by atoms with Gasteiger partial charge in [-0.2, -0.15) is 5.26 Å². The fourth-order valence-electron chi connectivity index (χ4n) is 2.39. The maximum Gasteiger partial charge on any atom is 0.231 e. The number of nitrogens with zero attached hydrogens (tertiary/aromatic N) is 1. The van der Waals surface area contributed by atoms with Crippen LogP contribution in [0, 0.1) is 11.3 Å². The third-order valence-corrected chi connectivity index (χ3v) is 4.42. The number of hydrogen-bond acceptors (Lipinski definition) is 3. The predicted octanol–water partition coefficient (Wildman–Crippen LogP) is 3.12. The Morgan fingerprint density at radius 3 is 2.58 bits per heavy atom. The molecule has 0 aromatic heterocycles. The summed E-state index contributed by atoms with van der Waals surface area (Å²) < 4.78 is 0. The van der Waals surface area contributed by atoms with Gasteiger partial charge >= 0.3 is 0 Å². The van der Waals surface area contributed by atoms with E-state index in [1.165, 1.54) is 11.8 Å². The maximum absolute atomic E-state index is 12.0. The number of thioether (sulfide) groups is 1. The van der Waals surface area contributed by atoms with Crippen LogP contribution in [-0.2, 0) is 4.79 Å². The van der Waals surface area contributed by atoms with Crippen LogP contribution in [0.5, 0.6) is 0 Å². The number of carbonyl (C=O) groups is 1. The highest BCUT2D eigenvalue weighted by molar-refractivity contribution is 8.00. The molecule has 0 atom stereocenters. The molecule has 0 saturated heterocycles. The highest BCUT2D eigenvalue weighted by Crippen LogP contribution is 2.27. The summed E-state index contributed by atoms with van der Waals surface area (Å²) in [6.07, 6.45) is 4.79. The third kappa shape index (κ3) is 4.00. The van der Waals surface area contributed by atoms with Gasteiger partial charge in [-0.05, 0) is 25.0 Å². The fraction of sp³-hybridized carbons (Fsp3) is 0.467. The summed E-state index contributed by atoms with van der Waals surface area (Å²) in [4.78, 5) is 13.0. The van der Waals surface area contributed by atoms with E-state index in [0.717, 1.165) is 37.0 Å². The number of rotatable bonds is 4. The minimum Gasteiger partial charge on any atom is -0.337 e. The zero-order valence-corrected chi connectivity index (χ0v) is 11.7. The number of nitrogens with one attached hydrogen (secondary N) is 1. The Hall–Kier alpha value is -1.47. The van der Waals surface area contributed by atoms with Gasteiger partial charge in [0.2, 0.25) is 5.91 Å². The number of amides is 1. The maximum atomic E-state index is 12.0. The summed E-state index contributed by atoms with van der Waals surface area (Å²) in [7, 11) is 0. The van der Waals surface area contributed by atoms with Crippen LogP contribution < -0.4 is 5.32 Å². The molecule has 1 saturated carbocycles. The van der Waals surface area contributed by atoms with Gasteiger partial charge in [-0.15, -0.1) is 11.8 Å². The van der Waals surface area contributed by atoms with E-state index in [4.69, 9.17) is 0 Å². The van der Waals surface area contributed by atoms with Crippen LogP contribution in [-0.4, -0.2) is 17.2 Å². The largest absolute Gasteiger partial charge is 0.337 e. The molecule has 2 rings (SSSR count). The summed E-state index contributed by atoms with van der Waals surface area (Å²) >= 11 is 1.50. The Kier molecular flexibility index (Phi) is 4.86. The minimum atomic E-state index is -0.618. The van der Waals surface area contributed by atoms with Crippen molar-refractivity contribution in [3.63, 3.8) is 0 Å². The number of benzene rings is 1. The Morgan fingerprint density at radius 1 is 1.26 bits per heavy atom. The second-order valence-electron chi connectivity index (χ2n) is 4.90. The van der Waals surface area contributed by atoms with Gasteiger partial charge in [0.1, 0.15) is 5.54 Å². The van der Waals surface area contributed by atoms with E-state index in [9.17, 15) is 10.1 Å². The lowest BCUT2D eigenvalue weighted by Crippen LogP contribution is -2.49. The first-order chi connectivity index (χ1) is 9.24. The second-order valence-corrected chi connectivity index (χ2v) is 5.95. The molecular formula is C15H18N2OS. The van der Waals surface area contributed by atoms with Crippen LogP contribution in [0.3, 0.4) is 0 Å². The molecule has 3 nitrogen and oxygen atoms in total. The van der Waals surface area contributed by atoms with Gasteiger partial charge in [0.15, 0.2) is 0 Å². The van der Waals surface area contributed by atoms with Crippen molar-refractivity contribution in [1.29, 1.82) is 5.26 Å². The summed E-state index contributed by atoms with van der Waals surface area (Å²) in [5, 5.41) is 12.2. The van der Waals surface area contributed by atoms with Gasteiger partial charge in [-0.25, -0.2) is 0 Å². The molecule has 19 heavy (non-hydrogen) atoms. The smallest absolute Gasteiger partial charge is 0.231 e. The lowest BCUT2D eigenvalue weighted by atomic mass is 9.83. The number of hydrogen-bond donors (Lipinski definition) is 1. The molecule has 4 heteroatoms. The predicted molar refractivity (Wildman–Crippen MR) is 76.7 cm³/mol. The molecule has 0 heterocycles. The van der Waals surface area contributed by atoms with E-state index in [1.54, 1.807) is 0 Å². The average molecular weight is 274 g/mol. The second kappa shape index (κ2) is 6.63. The van der Waals surface area contributed by atoms with Crippen LogP contribution in [0.25, 0.3) is 0 Å². The minimum absolute atomic E-state index is 0.0442. The average Bonchev–Trinajstić information content (AvgIpc) is 2.47. The first-order valence-corrected chi connectivity index (χ1v) is 7.63. The third-order valence-electron chi connectivity index (χ3n) is 3.41. The lowest BCUT2D eigenvalue weighted by molar-refractivity contribution is -0.120.